The molecule has 2 aliphatic heterocycles. The number of hydrogen-bond acceptors (Lipinski definition) is 3. The van der Waals surface area contributed by atoms with Gasteiger partial charge >= 0.3 is 0 Å². The zero-order valence-corrected chi connectivity index (χ0v) is 9.78. The zero-order chi connectivity index (χ0) is 11.7. The number of hydrogen-bond donors (Lipinski definition) is 2. The summed E-state index contributed by atoms with van der Waals surface area (Å²) in [4.78, 5) is 16.4. The van der Waals surface area contributed by atoms with Crippen molar-refractivity contribution in [1.82, 2.24) is 15.6 Å². The van der Waals surface area contributed by atoms with E-state index in [1.54, 1.807) is 6.20 Å². The lowest BCUT2D eigenvalue weighted by Gasteiger charge is -2.36. The molecule has 2 aliphatic rings. The van der Waals surface area contributed by atoms with Crippen molar-refractivity contribution in [2.45, 2.75) is 18.8 Å². The van der Waals surface area contributed by atoms with Crippen LogP contribution in [0.5, 0.6) is 0 Å². The molecule has 3 rings (SSSR count). The first-order valence-corrected chi connectivity index (χ1v) is 6.22. The molecule has 0 radical (unpaired) electrons. The summed E-state index contributed by atoms with van der Waals surface area (Å²) in [5, 5.41) is 6.37. The third-order valence-corrected chi connectivity index (χ3v) is 4.17. The summed E-state index contributed by atoms with van der Waals surface area (Å²) in [5.41, 5.74) is 0.988. The van der Waals surface area contributed by atoms with Crippen LogP contribution >= 0.6 is 0 Å². The number of nitrogens with zero attached hydrogens (tertiary/aromatic N) is 1. The topological polar surface area (TPSA) is 54.0 Å². The molecule has 1 aromatic rings. The van der Waals surface area contributed by atoms with Gasteiger partial charge in [0.15, 0.2) is 0 Å². The Kier molecular flexibility index (Phi) is 2.59. The van der Waals surface area contributed by atoms with Crippen LogP contribution < -0.4 is 10.6 Å². The Balaban J connectivity index is 1.96. The summed E-state index contributed by atoms with van der Waals surface area (Å²) < 4.78 is 0. The molecule has 17 heavy (non-hydrogen) atoms. The summed E-state index contributed by atoms with van der Waals surface area (Å²) in [5.74, 6) is 0.513. The van der Waals surface area contributed by atoms with Gasteiger partial charge in [0.05, 0.1) is 5.41 Å². The molecule has 90 valence electrons. The first-order chi connectivity index (χ1) is 8.33. The summed E-state index contributed by atoms with van der Waals surface area (Å²) >= 11 is 0. The van der Waals surface area contributed by atoms with Crippen molar-refractivity contribution >= 4 is 5.91 Å². The van der Waals surface area contributed by atoms with Gasteiger partial charge in [-0.25, -0.2) is 0 Å². The molecule has 0 bridgehead atoms. The molecule has 3 heterocycles. The molecule has 0 saturated carbocycles. The van der Waals surface area contributed by atoms with Gasteiger partial charge in [-0.1, -0.05) is 6.07 Å². The predicted molar refractivity (Wildman–Crippen MR) is 64.5 cm³/mol. The largest absolute Gasteiger partial charge is 0.355 e. The second kappa shape index (κ2) is 4.11. The van der Waals surface area contributed by atoms with E-state index in [0.717, 1.165) is 32.5 Å². The molecular formula is C13H17N3O. The van der Waals surface area contributed by atoms with E-state index < -0.39 is 0 Å². The molecule has 4 nitrogen and oxygen atoms in total. The lowest BCUT2D eigenvalue weighted by Crippen LogP contribution is -2.44. The van der Waals surface area contributed by atoms with Gasteiger partial charge in [0, 0.05) is 24.9 Å². The third kappa shape index (κ3) is 1.63. The van der Waals surface area contributed by atoms with Crippen molar-refractivity contribution in [2.75, 3.05) is 19.6 Å². The number of aromatic nitrogens is 1. The molecule has 2 fully saturated rings. The SMILES string of the molecule is O=C1NC[C@@H](c2cccnc2)C12CCNCC2. The minimum atomic E-state index is -0.200. The average molecular weight is 231 g/mol. The highest BCUT2D eigenvalue weighted by Crippen LogP contribution is 2.46. The Morgan fingerprint density at radius 1 is 1.35 bits per heavy atom. The van der Waals surface area contributed by atoms with Crippen molar-refractivity contribution < 1.29 is 4.79 Å². The molecule has 2 N–H and O–H groups in total. The fourth-order valence-corrected chi connectivity index (χ4v) is 3.19. The van der Waals surface area contributed by atoms with Crippen molar-refractivity contribution in [3.63, 3.8) is 0 Å². The fraction of sp³-hybridized carbons (Fsp3) is 0.538. The number of pyridine rings is 1. The molecule has 2 saturated heterocycles. The normalized spacial score (nSPS) is 27.1. The lowest BCUT2D eigenvalue weighted by molar-refractivity contribution is -0.129. The van der Waals surface area contributed by atoms with Gasteiger partial charge in [0.25, 0.3) is 0 Å². The maximum Gasteiger partial charge on any atom is 0.227 e. The van der Waals surface area contributed by atoms with Crippen LogP contribution in [0.2, 0.25) is 0 Å². The van der Waals surface area contributed by atoms with Gasteiger partial charge in [-0.15, -0.1) is 0 Å². The van der Waals surface area contributed by atoms with Gasteiger partial charge in [-0.2, -0.15) is 0 Å². The highest BCUT2D eigenvalue weighted by Gasteiger charge is 2.50. The Labute approximate surface area is 101 Å². The van der Waals surface area contributed by atoms with E-state index in [0.29, 0.717) is 0 Å². The maximum atomic E-state index is 12.2. The minimum absolute atomic E-state index is 0.200. The molecule has 0 aliphatic carbocycles. The second-order valence-electron chi connectivity index (χ2n) is 4.96. The summed E-state index contributed by atoms with van der Waals surface area (Å²) in [6.07, 6.45) is 5.54. The second-order valence-corrected chi connectivity index (χ2v) is 4.96. The number of piperidine rings is 1. The monoisotopic (exact) mass is 231 g/mol. The van der Waals surface area contributed by atoms with E-state index >= 15 is 0 Å². The number of amides is 1. The summed E-state index contributed by atoms with van der Waals surface area (Å²) in [6.45, 7) is 2.62. The quantitative estimate of drug-likeness (QED) is 0.746. The Hall–Kier alpha value is -1.42. The highest BCUT2D eigenvalue weighted by atomic mass is 16.2. The zero-order valence-electron chi connectivity index (χ0n) is 9.78. The molecule has 4 heteroatoms. The smallest absolute Gasteiger partial charge is 0.227 e. The number of carbonyl (C=O) groups is 1. The lowest BCUT2D eigenvalue weighted by atomic mass is 9.68. The van der Waals surface area contributed by atoms with Crippen LogP contribution in [0.15, 0.2) is 24.5 Å². The van der Waals surface area contributed by atoms with E-state index in [9.17, 15) is 4.79 Å². The highest BCUT2D eigenvalue weighted by molar-refractivity contribution is 5.86. The first-order valence-electron chi connectivity index (χ1n) is 6.22. The van der Waals surface area contributed by atoms with E-state index in [4.69, 9.17) is 0 Å². The Morgan fingerprint density at radius 3 is 2.88 bits per heavy atom. The summed E-state index contributed by atoms with van der Waals surface area (Å²) in [7, 11) is 0. The van der Waals surface area contributed by atoms with Gasteiger partial charge in [0.1, 0.15) is 0 Å². The average Bonchev–Trinajstić information content (AvgIpc) is 2.69. The van der Waals surface area contributed by atoms with Crippen LogP contribution in [0.4, 0.5) is 0 Å². The number of rotatable bonds is 1. The van der Waals surface area contributed by atoms with E-state index in [1.165, 1.54) is 5.56 Å². The maximum absolute atomic E-state index is 12.2. The van der Waals surface area contributed by atoms with Crippen LogP contribution in [0.1, 0.15) is 24.3 Å². The fourth-order valence-electron chi connectivity index (χ4n) is 3.19. The summed E-state index contributed by atoms with van der Waals surface area (Å²) in [6, 6.07) is 4.04. The third-order valence-electron chi connectivity index (χ3n) is 4.17. The van der Waals surface area contributed by atoms with E-state index in [-0.39, 0.29) is 17.2 Å². The van der Waals surface area contributed by atoms with Gasteiger partial charge in [-0.3, -0.25) is 9.78 Å². The van der Waals surface area contributed by atoms with Crippen molar-refractivity contribution in [3.8, 4) is 0 Å². The van der Waals surface area contributed by atoms with E-state index in [2.05, 4.69) is 21.7 Å². The Bertz CT molecular complexity index is 412. The van der Waals surface area contributed by atoms with Crippen molar-refractivity contribution in [1.29, 1.82) is 0 Å². The van der Waals surface area contributed by atoms with Crippen LogP contribution in [-0.4, -0.2) is 30.5 Å². The predicted octanol–water partition coefficient (Wildman–Crippen LogP) is 0.665. The van der Waals surface area contributed by atoms with Crippen LogP contribution in [0.3, 0.4) is 0 Å². The van der Waals surface area contributed by atoms with Gasteiger partial charge < -0.3 is 10.6 Å². The van der Waals surface area contributed by atoms with Crippen LogP contribution in [0.25, 0.3) is 0 Å². The minimum Gasteiger partial charge on any atom is -0.355 e. The molecule has 1 aromatic heterocycles. The molecule has 0 aromatic carbocycles. The van der Waals surface area contributed by atoms with E-state index in [1.807, 2.05) is 12.3 Å². The van der Waals surface area contributed by atoms with Crippen LogP contribution in [-0.2, 0) is 4.79 Å². The number of nitrogens with one attached hydrogen (secondary N) is 2. The Morgan fingerprint density at radius 2 is 2.18 bits per heavy atom. The first kappa shape index (κ1) is 10.7. The number of carbonyl (C=O) groups excluding carboxylic acids is 1. The van der Waals surface area contributed by atoms with Crippen molar-refractivity contribution in [3.05, 3.63) is 30.1 Å². The molecule has 1 spiro atoms. The standard InChI is InChI=1S/C13H17N3O/c17-12-13(3-6-14-7-4-13)11(9-16-12)10-2-1-5-15-8-10/h1-2,5,8,11,14H,3-4,6-7,9H2,(H,16,17)/t11-/m0/s1. The molecule has 0 unspecified atom stereocenters. The molecule has 1 amide bonds. The molecule has 1 atom stereocenters. The van der Waals surface area contributed by atoms with Crippen LogP contribution in [0, 0.1) is 5.41 Å². The van der Waals surface area contributed by atoms with Gasteiger partial charge in [-0.05, 0) is 37.6 Å². The van der Waals surface area contributed by atoms with Crippen molar-refractivity contribution in [2.24, 2.45) is 5.41 Å². The van der Waals surface area contributed by atoms with Gasteiger partial charge in [0.2, 0.25) is 5.91 Å². The molecular weight excluding hydrogens is 214 g/mol.